The molecule has 0 saturated heterocycles. The SMILES string of the molecule is P[BH][Mo].[Ni]. The molecular weight excluding hydrogens is 196 g/mol. The summed E-state index contributed by atoms with van der Waals surface area (Å²) in [5.41, 5.74) is 0. The summed E-state index contributed by atoms with van der Waals surface area (Å²) in [5.74, 6) is 0. The van der Waals surface area contributed by atoms with Crippen LogP contribution in [-0.4, -0.2) is 5.27 Å². The molecule has 0 saturated carbocycles. The molecule has 4 heavy (non-hydrogen) atoms. The fourth-order valence-corrected chi connectivity index (χ4v) is 0. The summed E-state index contributed by atoms with van der Waals surface area (Å²) in [5, 5.41) is 1.18. The molecule has 0 N–H and O–H groups in total. The largest absolute Gasteiger partial charge is 0 e. The molecule has 0 radical (unpaired) electrons. The molecule has 0 spiro atoms. The molecule has 4 heteroatoms. The second-order valence-corrected chi connectivity index (χ2v) is 2.96. The van der Waals surface area contributed by atoms with Crippen LogP contribution in [0.25, 0.3) is 0 Å². The fourth-order valence-electron chi connectivity index (χ4n) is 0. The molecule has 1 unspecified atom stereocenters. The van der Waals surface area contributed by atoms with Crippen molar-refractivity contribution in [3.63, 3.8) is 0 Å². The Balaban J connectivity index is 0. The Kier molecular flexibility index (Phi) is 20.3. The maximum Gasteiger partial charge on any atom is 0 e. The zero-order valence-corrected chi connectivity index (χ0v) is 6.16. The van der Waals surface area contributed by atoms with E-state index < -0.39 is 0 Å². The van der Waals surface area contributed by atoms with E-state index in [2.05, 4.69) is 9.12 Å². The van der Waals surface area contributed by atoms with Gasteiger partial charge in [-0.2, -0.15) is 0 Å². The van der Waals surface area contributed by atoms with Crippen molar-refractivity contribution in [1.29, 1.82) is 0 Å². The van der Waals surface area contributed by atoms with Crippen LogP contribution < -0.4 is 0 Å². The minimum atomic E-state index is 0. The van der Waals surface area contributed by atoms with Crippen molar-refractivity contribution in [2.45, 2.75) is 0 Å². The van der Waals surface area contributed by atoms with Crippen LogP contribution in [0.1, 0.15) is 0 Å². The van der Waals surface area contributed by atoms with Gasteiger partial charge in [-0.3, -0.25) is 0 Å². The molecule has 0 rings (SSSR count). The maximum absolute atomic E-state index is 2.58. The predicted molar refractivity (Wildman–Crippen MR) is 16.9 cm³/mol. The van der Waals surface area contributed by atoms with Gasteiger partial charge in [-0.25, -0.2) is 0 Å². The summed E-state index contributed by atoms with van der Waals surface area (Å²) < 4.78 is 0. The molecule has 0 aromatic rings. The summed E-state index contributed by atoms with van der Waals surface area (Å²) in [6, 6.07) is 0. The van der Waals surface area contributed by atoms with Gasteiger partial charge in [-0.15, -0.1) is 0 Å². The van der Waals surface area contributed by atoms with Gasteiger partial charge in [0.25, 0.3) is 0 Å². The first-order valence-electron chi connectivity index (χ1n) is 0.697. The summed E-state index contributed by atoms with van der Waals surface area (Å²) in [4.78, 5) is 0. The monoisotopic (exact) mass is 201 g/mol. The van der Waals surface area contributed by atoms with Crippen molar-refractivity contribution in [3.8, 4) is 0 Å². The Morgan fingerprint density at radius 2 is 1.75 bits per heavy atom. The first-order chi connectivity index (χ1) is 1.41. The molecule has 0 heterocycles. The smallest absolute Gasteiger partial charge is 0 e. The Morgan fingerprint density at radius 3 is 1.75 bits per heavy atom. The van der Waals surface area contributed by atoms with E-state index in [0.29, 0.717) is 0 Å². The van der Waals surface area contributed by atoms with Gasteiger partial charge >= 0.3 is 34.0 Å². The zero-order valence-electron chi connectivity index (χ0n) is 2.01. The van der Waals surface area contributed by atoms with Gasteiger partial charge in [0.1, 0.15) is 0 Å². The molecule has 0 nitrogen and oxygen atoms in total. The van der Waals surface area contributed by atoms with Crippen molar-refractivity contribution in [1.82, 2.24) is 0 Å². The third-order valence-corrected chi connectivity index (χ3v) is 0. The van der Waals surface area contributed by atoms with Gasteiger partial charge in [0, 0.05) is 16.5 Å². The van der Waals surface area contributed by atoms with Crippen molar-refractivity contribution in [2.24, 2.45) is 0 Å². The fraction of sp³-hybridized carbons (Fsp3) is 0. The average Bonchev–Trinajstić information content (AvgIpc) is 0.918. The quantitative estimate of drug-likeness (QED) is 0.370. The van der Waals surface area contributed by atoms with E-state index in [0.717, 1.165) is 0 Å². The van der Waals surface area contributed by atoms with Crippen molar-refractivity contribution in [3.05, 3.63) is 0 Å². The van der Waals surface area contributed by atoms with E-state index >= 15 is 0 Å². The van der Waals surface area contributed by atoms with Crippen molar-refractivity contribution < 1.29 is 36.1 Å². The number of hydrogen-bond donors (Lipinski definition) is 0. The molecule has 0 aliphatic rings. The Labute approximate surface area is 50.5 Å². The minimum Gasteiger partial charge on any atom is 0 e. The van der Waals surface area contributed by atoms with Crippen LogP contribution in [0.3, 0.4) is 0 Å². The van der Waals surface area contributed by atoms with Crippen LogP contribution in [0, 0.1) is 0 Å². The molecule has 0 bridgehead atoms. The summed E-state index contributed by atoms with van der Waals surface area (Å²) in [6.07, 6.45) is 0. The van der Waals surface area contributed by atoms with E-state index in [4.69, 9.17) is 0 Å². The molecule has 0 amide bonds. The minimum absolute atomic E-state index is 0. The van der Waals surface area contributed by atoms with Gasteiger partial charge in [0.15, 0.2) is 0 Å². The third-order valence-electron chi connectivity index (χ3n) is 0. The normalized spacial score (nSPS) is 3.25. The zero-order chi connectivity index (χ0) is 2.71. The van der Waals surface area contributed by atoms with Gasteiger partial charge in [0.2, 0.25) is 0 Å². The Bertz CT molecular complexity index is 8.00. The Hall–Kier alpha value is 1.68. The number of rotatable bonds is 0. The predicted octanol–water partition coefficient (Wildman–Crippen LogP) is -0.328. The number of hydrogen-bond acceptors (Lipinski definition) is 0. The first kappa shape index (κ1) is 9.18. The van der Waals surface area contributed by atoms with Crippen molar-refractivity contribution in [2.75, 3.05) is 0 Å². The van der Waals surface area contributed by atoms with E-state index in [1.54, 1.807) is 0 Å². The standard InChI is InChI=1S/BH3P.Mo.Ni/c1-2;;/h1H,2H2;;/q+1;-1;. The third kappa shape index (κ3) is 9.37. The second-order valence-electron chi connectivity index (χ2n) is 0.167. The summed E-state index contributed by atoms with van der Waals surface area (Å²) in [7, 11) is 2.58. The van der Waals surface area contributed by atoms with Crippen LogP contribution >= 0.6 is 9.12 Å². The van der Waals surface area contributed by atoms with E-state index in [1.165, 1.54) is 5.27 Å². The average molecular weight is 199 g/mol. The van der Waals surface area contributed by atoms with E-state index in [-0.39, 0.29) is 16.5 Å². The van der Waals surface area contributed by atoms with Gasteiger partial charge in [-0.05, 0) is 0 Å². The van der Waals surface area contributed by atoms with Gasteiger partial charge in [-0.1, -0.05) is 0 Å². The van der Waals surface area contributed by atoms with Crippen LogP contribution in [0.5, 0.6) is 0 Å². The van der Waals surface area contributed by atoms with Crippen LogP contribution in [-0.2, 0) is 36.1 Å². The molecule has 27 valence electrons. The molecule has 1 atom stereocenters. The molecule has 0 aliphatic carbocycles. The molecule has 0 aromatic carbocycles. The topological polar surface area (TPSA) is 0 Å². The van der Waals surface area contributed by atoms with Gasteiger partial charge < -0.3 is 0 Å². The molecule has 0 aromatic heterocycles. The molecule has 0 fully saturated rings. The van der Waals surface area contributed by atoms with Crippen molar-refractivity contribution >= 4 is 14.4 Å². The van der Waals surface area contributed by atoms with E-state index in [9.17, 15) is 0 Å². The molecular formula is H3BMoNiP. The van der Waals surface area contributed by atoms with Crippen LogP contribution in [0.15, 0.2) is 0 Å². The first-order valence-corrected chi connectivity index (χ1v) is 2.93. The van der Waals surface area contributed by atoms with Gasteiger partial charge in [0.05, 0.1) is 0 Å². The van der Waals surface area contributed by atoms with Crippen LogP contribution in [0.4, 0.5) is 0 Å². The molecule has 0 aliphatic heterocycles. The van der Waals surface area contributed by atoms with Crippen LogP contribution in [0.2, 0.25) is 0 Å². The second kappa shape index (κ2) is 8.82. The Morgan fingerprint density at radius 1 is 1.75 bits per heavy atom. The summed E-state index contributed by atoms with van der Waals surface area (Å²) in [6.45, 7) is 0. The summed E-state index contributed by atoms with van der Waals surface area (Å²) >= 11 is 2.03. The van der Waals surface area contributed by atoms with E-state index in [1.807, 2.05) is 19.6 Å². The maximum atomic E-state index is 2.58.